The molecular weight excluding hydrogens is 413 g/mol. The molecule has 4 nitrogen and oxygen atoms in total. The van der Waals surface area contributed by atoms with Crippen LogP contribution >= 0.6 is 24.0 Å². The van der Waals surface area contributed by atoms with Gasteiger partial charge in [0.25, 0.3) is 0 Å². The molecule has 1 aliphatic carbocycles. The molecule has 1 aromatic rings. The summed E-state index contributed by atoms with van der Waals surface area (Å²) < 4.78 is 0. The molecule has 24 heavy (non-hydrogen) atoms. The number of halogens is 1. The minimum atomic E-state index is -0.121. The van der Waals surface area contributed by atoms with Crippen LogP contribution in [0.25, 0.3) is 0 Å². The Bertz CT molecular complexity index is 497. The van der Waals surface area contributed by atoms with Crippen molar-refractivity contribution in [3.05, 3.63) is 35.9 Å². The fourth-order valence-corrected chi connectivity index (χ4v) is 2.99. The van der Waals surface area contributed by atoms with E-state index in [9.17, 15) is 5.11 Å². The van der Waals surface area contributed by atoms with E-state index in [2.05, 4.69) is 55.7 Å². The first-order valence-corrected chi connectivity index (χ1v) is 8.79. The van der Waals surface area contributed by atoms with E-state index in [0.29, 0.717) is 6.04 Å². The van der Waals surface area contributed by atoms with Crippen molar-refractivity contribution >= 4 is 29.9 Å². The molecule has 136 valence electrons. The molecule has 1 aromatic carbocycles. The zero-order valence-electron chi connectivity index (χ0n) is 15.1. The van der Waals surface area contributed by atoms with E-state index in [1.54, 1.807) is 0 Å². The van der Waals surface area contributed by atoms with Gasteiger partial charge in [0.15, 0.2) is 5.96 Å². The number of nitrogens with zero attached hydrogens (tertiary/aromatic N) is 1. The van der Waals surface area contributed by atoms with Gasteiger partial charge in [-0.2, -0.15) is 0 Å². The van der Waals surface area contributed by atoms with Crippen molar-refractivity contribution in [1.29, 1.82) is 0 Å². The fourth-order valence-electron chi connectivity index (χ4n) is 2.99. The maximum Gasteiger partial charge on any atom is 0.191 e. The summed E-state index contributed by atoms with van der Waals surface area (Å²) in [5, 5.41) is 16.5. The maximum atomic E-state index is 9.63. The molecule has 1 aliphatic rings. The number of aliphatic hydroxyl groups is 1. The van der Waals surface area contributed by atoms with Gasteiger partial charge >= 0.3 is 0 Å². The Morgan fingerprint density at radius 3 is 2.38 bits per heavy atom. The lowest BCUT2D eigenvalue weighted by Gasteiger charge is -2.28. The average Bonchev–Trinajstić information content (AvgIpc) is 2.56. The van der Waals surface area contributed by atoms with E-state index >= 15 is 0 Å². The number of hydrogen-bond donors (Lipinski definition) is 3. The highest BCUT2D eigenvalue weighted by atomic mass is 127. The highest BCUT2D eigenvalue weighted by Gasteiger charge is 2.22. The molecule has 3 N–H and O–H groups in total. The first-order valence-electron chi connectivity index (χ1n) is 8.79. The molecule has 1 saturated carbocycles. The summed E-state index contributed by atoms with van der Waals surface area (Å²) in [5.41, 5.74) is 1.31. The maximum absolute atomic E-state index is 9.63. The van der Waals surface area contributed by atoms with Gasteiger partial charge in [-0.05, 0) is 38.2 Å². The molecule has 0 radical (unpaired) electrons. The van der Waals surface area contributed by atoms with Crippen LogP contribution in [0.3, 0.4) is 0 Å². The molecule has 0 heterocycles. The van der Waals surface area contributed by atoms with Crippen LogP contribution in [-0.4, -0.2) is 36.3 Å². The summed E-state index contributed by atoms with van der Waals surface area (Å²) in [6.07, 6.45) is 3.66. The number of aliphatic hydroxyl groups excluding tert-OH is 1. The predicted octanol–water partition coefficient (Wildman–Crippen LogP) is 3.44. The number of nitrogens with one attached hydrogen (secondary N) is 2. The second kappa shape index (κ2) is 10.2. The van der Waals surface area contributed by atoms with Crippen LogP contribution in [0.2, 0.25) is 0 Å². The first kappa shape index (κ1) is 21.2. The number of hydrogen-bond acceptors (Lipinski definition) is 2. The third-order valence-corrected chi connectivity index (χ3v) is 4.57. The van der Waals surface area contributed by atoms with Gasteiger partial charge in [0.2, 0.25) is 0 Å². The van der Waals surface area contributed by atoms with Crippen LogP contribution in [0.15, 0.2) is 35.3 Å². The van der Waals surface area contributed by atoms with Crippen molar-refractivity contribution in [2.24, 2.45) is 4.99 Å². The normalized spacial score (nSPS) is 21.8. The van der Waals surface area contributed by atoms with Gasteiger partial charge in [-0.15, -0.1) is 24.0 Å². The van der Waals surface area contributed by atoms with E-state index < -0.39 is 0 Å². The summed E-state index contributed by atoms with van der Waals surface area (Å²) in [6.45, 7) is 8.14. The lowest BCUT2D eigenvalue weighted by molar-refractivity contribution is 0.120. The predicted molar refractivity (Wildman–Crippen MR) is 112 cm³/mol. The molecule has 0 amide bonds. The first-order chi connectivity index (χ1) is 11.0. The summed E-state index contributed by atoms with van der Waals surface area (Å²) >= 11 is 0. The van der Waals surface area contributed by atoms with E-state index in [-0.39, 0.29) is 35.5 Å². The third kappa shape index (κ3) is 6.59. The van der Waals surface area contributed by atoms with Crippen molar-refractivity contribution < 1.29 is 5.11 Å². The smallest absolute Gasteiger partial charge is 0.191 e. The molecule has 0 saturated heterocycles. The Kier molecular flexibility index (Phi) is 9.05. The van der Waals surface area contributed by atoms with Crippen molar-refractivity contribution in [2.75, 3.05) is 13.1 Å². The molecule has 0 atom stereocenters. The average molecular weight is 445 g/mol. The van der Waals surface area contributed by atoms with Crippen molar-refractivity contribution in [3.8, 4) is 0 Å². The standard InChI is InChI=1S/C19H31N3O.HI/c1-4-20-18(22-16-10-12-17(23)13-11-16)21-14-19(2,3)15-8-6-5-7-9-15;/h5-9,16-17,23H,4,10-14H2,1-3H3,(H2,20,21,22);1H. The molecule has 2 rings (SSSR count). The lowest BCUT2D eigenvalue weighted by atomic mass is 9.85. The van der Waals surface area contributed by atoms with Crippen LogP contribution in [-0.2, 0) is 5.41 Å². The van der Waals surface area contributed by atoms with Crippen LogP contribution in [0.4, 0.5) is 0 Å². The van der Waals surface area contributed by atoms with Gasteiger partial charge in [-0.25, -0.2) is 0 Å². The van der Waals surface area contributed by atoms with Crippen molar-refractivity contribution in [2.45, 2.75) is 64.0 Å². The molecule has 0 bridgehead atoms. The van der Waals surface area contributed by atoms with E-state index in [1.807, 2.05) is 6.07 Å². The van der Waals surface area contributed by atoms with E-state index in [4.69, 9.17) is 4.99 Å². The molecule has 1 fully saturated rings. The Labute approximate surface area is 163 Å². The number of aliphatic imine (C=N–C) groups is 1. The monoisotopic (exact) mass is 445 g/mol. The topological polar surface area (TPSA) is 56.7 Å². The van der Waals surface area contributed by atoms with Crippen molar-refractivity contribution in [1.82, 2.24) is 10.6 Å². The highest BCUT2D eigenvalue weighted by Crippen LogP contribution is 2.23. The summed E-state index contributed by atoms with van der Waals surface area (Å²) in [5.74, 6) is 0.887. The Hall–Kier alpha value is -0.820. The zero-order chi connectivity index (χ0) is 16.7. The molecule has 5 heteroatoms. The minimum absolute atomic E-state index is 0. The van der Waals surface area contributed by atoms with Gasteiger partial charge in [0.05, 0.1) is 12.6 Å². The van der Waals surface area contributed by atoms with E-state index in [1.165, 1.54) is 5.56 Å². The Balaban J connectivity index is 0.00000288. The van der Waals surface area contributed by atoms with Crippen LogP contribution in [0.5, 0.6) is 0 Å². The molecule has 0 aliphatic heterocycles. The molecule has 0 spiro atoms. The number of benzene rings is 1. The third-order valence-electron chi connectivity index (χ3n) is 4.57. The molecule has 0 aromatic heterocycles. The summed E-state index contributed by atoms with van der Waals surface area (Å²) in [4.78, 5) is 4.81. The minimum Gasteiger partial charge on any atom is -0.393 e. The second-order valence-corrected chi connectivity index (χ2v) is 7.09. The van der Waals surface area contributed by atoms with Gasteiger partial charge in [0, 0.05) is 18.0 Å². The summed E-state index contributed by atoms with van der Waals surface area (Å²) in [7, 11) is 0. The Morgan fingerprint density at radius 2 is 1.79 bits per heavy atom. The largest absolute Gasteiger partial charge is 0.393 e. The SMILES string of the molecule is CCNC(=NCC(C)(C)c1ccccc1)NC1CCC(O)CC1.I. The number of rotatable bonds is 5. The second-order valence-electron chi connectivity index (χ2n) is 7.09. The van der Waals surface area contributed by atoms with Gasteiger partial charge in [0.1, 0.15) is 0 Å². The van der Waals surface area contributed by atoms with Gasteiger partial charge in [-0.1, -0.05) is 44.2 Å². The quantitative estimate of drug-likeness (QED) is 0.370. The van der Waals surface area contributed by atoms with Gasteiger partial charge in [-0.3, -0.25) is 4.99 Å². The molecular formula is C19H32IN3O. The van der Waals surface area contributed by atoms with Crippen LogP contribution in [0, 0.1) is 0 Å². The van der Waals surface area contributed by atoms with Gasteiger partial charge < -0.3 is 15.7 Å². The fraction of sp³-hybridized carbons (Fsp3) is 0.632. The Morgan fingerprint density at radius 1 is 1.17 bits per heavy atom. The van der Waals surface area contributed by atoms with Crippen molar-refractivity contribution in [3.63, 3.8) is 0 Å². The highest BCUT2D eigenvalue weighted by molar-refractivity contribution is 14.0. The van der Waals surface area contributed by atoms with Crippen LogP contribution < -0.4 is 10.6 Å². The van der Waals surface area contributed by atoms with Crippen LogP contribution in [0.1, 0.15) is 52.0 Å². The zero-order valence-corrected chi connectivity index (χ0v) is 17.4. The number of guanidine groups is 1. The summed E-state index contributed by atoms with van der Waals surface area (Å²) in [6, 6.07) is 11.0. The van der Waals surface area contributed by atoms with E-state index in [0.717, 1.165) is 44.7 Å². The lowest BCUT2D eigenvalue weighted by Crippen LogP contribution is -2.45. The molecule has 0 unspecified atom stereocenters.